The maximum absolute atomic E-state index is 3.97. The van der Waals surface area contributed by atoms with Crippen molar-refractivity contribution in [3.63, 3.8) is 0 Å². The van der Waals surface area contributed by atoms with Gasteiger partial charge >= 0.3 is 0 Å². The number of hydrogen-bond acceptors (Lipinski definition) is 3. The summed E-state index contributed by atoms with van der Waals surface area (Å²) in [7, 11) is 4.34. The van der Waals surface area contributed by atoms with E-state index in [1.54, 1.807) is 0 Å². The van der Waals surface area contributed by atoms with Crippen LogP contribution in [0.2, 0.25) is 0 Å². The Labute approximate surface area is 141 Å². The average Bonchev–Trinajstić information content (AvgIpc) is 2.58. The molecule has 1 spiro atoms. The van der Waals surface area contributed by atoms with Crippen LogP contribution in [0.15, 0.2) is 30.3 Å². The fourth-order valence-corrected chi connectivity index (χ4v) is 4.44. The van der Waals surface area contributed by atoms with Crippen molar-refractivity contribution in [2.45, 2.75) is 50.6 Å². The molecule has 128 valence electrons. The minimum absolute atomic E-state index is 0.443. The molecule has 3 nitrogen and oxygen atoms in total. The lowest BCUT2D eigenvalue weighted by atomic mass is 9.67. The molecule has 1 saturated heterocycles. The quantitative estimate of drug-likeness (QED) is 0.874. The molecule has 1 aliphatic carbocycles. The van der Waals surface area contributed by atoms with Crippen LogP contribution in [-0.2, 0) is 0 Å². The highest BCUT2D eigenvalue weighted by molar-refractivity contribution is 5.19. The van der Waals surface area contributed by atoms with Crippen molar-refractivity contribution in [1.82, 2.24) is 15.5 Å². The Bertz CT molecular complexity index is 455. The first-order valence-electron chi connectivity index (χ1n) is 9.33. The molecule has 0 aromatic heterocycles. The smallest absolute Gasteiger partial charge is 0.0451 e. The van der Waals surface area contributed by atoms with Gasteiger partial charge in [0.15, 0.2) is 0 Å². The van der Waals surface area contributed by atoms with Crippen LogP contribution in [0.4, 0.5) is 0 Å². The van der Waals surface area contributed by atoms with E-state index in [-0.39, 0.29) is 0 Å². The lowest BCUT2D eigenvalue weighted by Crippen LogP contribution is -2.45. The van der Waals surface area contributed by atoms with Crippen molar-refractivity contribution < 1.29 is 0 Å². The van der Waals surface area contributed by atoms with Gasteiger partial charge in [0.1, 0.15) is 0 Å². The summed E-state index contributed by atoms with van der Waals surface area (Å²) >= 11 is 0. The van der Waals surface area contributed by atoms with E-state index in [1.807, 2.05) is 0 Å². The van der Waals surface area contributed by atoms with Crippen molar-refractivity contribution in [1.29, 1.82) is 0 Å². The molecular formula is C20H33N3. The predicted molar refractivity (Wildman–Crippen MR) is 97.7 cm³/mol. The topological polar surface area (TPSA) is 27.3 Å². The number of rotatable bonds is 5. The number of likely N-dealkylation sites (N-methyl/N-ethyl adjacent to an activating group) is 1. The minimum Gasteiger partial charge on any atom is -0.317 e. The van der Waals surface area contributed by atoms with Gasteiger partial charge in [-0.25, -0.2) is 0 Å². The van der Waals surface area contributed by atoms with Crippen LogP contribution in [0.1, 0.15) is 50.1 Å². The van der Waals surface area contributed by atoms with E-state index >= 15 is 0 Å². The summed E-state index contributed by atoms with van der Waals surface area (Å²) in [5.74, 6) is 0. The molecule has 0 bridgehead atoms. The molecule has 1 aromatic rings. The second kappa shape index (κ2) is 7.78. The summed E-state index contributed by atoms with van der Waals surface area (Å²) in [6.45, 7) is 3.52. The molecule has 1 saturated carbocycles. The Morgan fingerprint density at radius 2 is 1.74 bits per heavy atom. The van der Waals surface area contributed by atoms with Crippen molar-refractivity contribution in [2.75, 3.05) is 33.7 Å². The minimum atomic E-state index is 0.443. The number of hydrogen-bond donors (Lipinski definition) is 2. The van der Waals surface area contributed by atoms with Gasteiger partial charge in [-0.1, -0.05) is 30.3 Å². The molecule has 1 aliphatic heterocycles. The standard InChI is InChI=1S/C20H33N3/c1-23(2)16-19(17-6-4-3-5-7-17)22-18-8-10-20(11-9-18)12-14-21-15-13-20/h3-7,18-19,21-22H,8-16H2,1-2H3/t19-/m0/s1. The third-order valence-electron chi connectivity index (χ3n) is 5.90. The van der Waals surface area contributed by atoms with Crippen molar-refractivity contribution in [3.05, 3.63) is 35.9 Å². The van der Waals surface area contributed by atoms with E-state index in [2.05, 4.69) is 60.0 Å². The van der Waals surface area contributed by atoms with Crippen LogP contribution in [0.3, 0.4) is 0 Å². The molecule has 23 heavy (non-hydrogen) atoms. The summed E-state index contributed by atoms with van der Waals surface area (Å²) in [6.07, 6.45) is 8.29. The van der Waals surface area contributed by atoms with Gasteiger partial charge in [0, 0.05) is 18.6 Å². The first-order chi connectivity index (χ1) is 11.2. The largest absolute Gasteiger partial charge is 0.317 e. The van der Waals surface area contributed by atoms with E-state index in [1.165, 1.54) is 57.2 Å². The van der Waals surface area contributed by atoms with E-state index in [0.717, 1.165) is 6.54 Å². The normalized spacial score (nSPS) is 23.3. The number of nitrogens with zero attached hydrogens (tertiary/aromatic N) is 1. The zero-order valence-electron chi connectivity index (χ0n) is 14.9. The molecule has 2 N–H and O–H groups in total. The Balaban J connectivity index is 1.58. The SMILES string of the molecule is CN(C)C[C@H](NC1CCC2(CCNCC2)CC1)c1ccccc1. The fraction of sp³-hybridized carbons (Fsp3) is 0.700. The third kappa shape index (κ3) is 4.56. The molecule has 0 radical (unpaired) electrons. The van der Waals surface area contributed by atoms with Crippen molar-refractivity contribution in [3.8, 4) is 0 Å². The molecule has 3 rings (SSSR count). The summed E-state index contributed by atoms with van der Waals surface area (Å²) in [6, 6.07) is 12.1. The van der Waals surface area contributed by atoms with Gasteiger partial charge in [-0.3, -0.25) is 0 Å². The van der Waals surface area contributed by atoms with Crippen molar-refractivity contribution >= 4 is 0 Å². The van der Waals surface area contributed by atoms with Crippen LogP contribution < -0.4 is 10.6 Å². The Kier molecular flexibility index (Phi) is 5.73. The molecule has 2 aliphatic rings. The monoisotopic (exact) mass is 315 g/mol. The van der Waals surface area contributed by atoms with Crippen LogP contribution >= 0.6 is 0 Å². The Hall–Kier alpha value is -0.900. The van der Waals surface area contributed by atoms with Crippen LogP contribution in [0, 0.1) is 5.41 Å². The highest BCUT2D eigenvalue weighted by atomic mass is 15.1. The van der Waals surface area contributed by atoms with Gasteiger partial charge in [-0.2, -0.15) is 0 Å². The second-order valence-electron chi connectivity index (χ2n) is 7.92. The van der Waals surface area contributed by atoms with Crippen molar-refractivity contribution in [2.24, 2.45) is 5.41 Å². The van der Waals surface area contributed by atoms with Gasteiger partial charge in [0.25, 0.3) is 0 Å². The van der Waals surface area contributed by atoms with Crippen LogP contribution in [0.25, 0.3) is 0 Å². The molecule has 0 unspecified atom stereocenters. The van der Waals surface area contributed by atoms with Crippen LogP contribution in [0.5, 0.6) is 0 Å². The Morgan fingerprint density at radius 3 is 2.35 bits per heavy atom. The number of piperidine rings is 1. The highest BCUT2D eigenvalue weighted by Crippen LogP contribution is 2.43. The first kappa shape index (κ1) is 16.9. The maximum Gasteiger partial charge on any atom is 0.0451 e. The van der Waals surface area contributed by atoms with Gasteiger partial charge < -0.3 is 15.5 Å². The second-order valence-corrected chi connectivity index (χ2v) is 7.92. The zero-order valence-corrected chi connectivity index (χ0v) is 14.9. The molecular weight excluding hydrogens is 282 g/mol. The Morgan fingerprint density at radius 1 is 1.09 bits per heavy atom. The number of nitrogens with one attached hydrogen (secondary N) is 2. The maximum atomic E-state index is 3.97. The van der Waals surface area contributed by atoms with E-state index < -0.39 is 0 Å². The lowest BCUT2D eigenvalue weighted by Gasteiger charge is -2.44. The summed E-state index contributed by atoms with van der Waals surface area (Å²) < 4.78 is 0. The average molecular weight is 316 g/mol. The molecule has 0 amide bonds. The van der Waals surface area contributed by atoms with E-state index in [0.29, 0.717) is 17.5 Å². The lowest BCUT2D eigenvalue weighted by molar-refractivity contribution is 0.110. The third-order valence-corrected chi connectivity index (χ3v) is 5.90. The molecule has 3 heteroatoms. The van der Waals surface area contributed by atoms with Gasteiger partial charge in [-0.05, 0) is 76.7 Å². The summed E-state index contributed by atoms with van der Waals surface area (Å²) in [4.78, 5) is 2.29. The van der Waals surface area contributed by atoms with Crippen LogP contribution in [-0.4, -0.2) is 44.7 Å². The molecule has 1 atom stereocenters. The summed E-state index contributed by atoms with van der Waals surface area (Å²) in [5.41, 5.74) is 2.08. The molecule has 2 fully saturated rings. The highest BCUT2D eigenvalue weighted by Gasteiger charge is 2.36. The van der Waals surface area contributed by atoms with E-state index in [4.69, 9.17) is 0 Å². The van der Waals surface area contributed by atoms with Gasteiger partial charge in [0.2, 0.25) is 0 Å². The summed E-state index contributed by atoms with van der Waals surface area (Å²) in [5, 5.41) is 7.49. The zero-order chi connectivity index (χ0) is 16.1. The predicted octanol–water partition coefficient (Wildman–Crippen LogP) is 3.19. The number of benzene rings is 1. The van der Waals surface area contributed by atoms with E-state index in [9.17, 15) is 0 Å². The van der Waals surface area contributed by atoms with Gasteiger partial charge in [-0.15, -0.1) is 0 Å². The van der Waals surface area contributed by atoms with Gasteiger partial charge in [0.05, 0.1) is 0 Å². The molecule has 1 heterocycles. The first-order valence-corrected chi connectivity index (χ1v) is 9.33. The fourth-order valence-electron chi connectivity index (χ4n) is 4.44. The molecule has 1 aromatic carbocycles.